The molecule has 132 valence electrons. The predicted octanol–water partition coefficient (Wildman–Crippen LogP) is 1.23. The molecule has 2 aromatic heterocycles. The maximum absolute atomic E-state index is 12.1. The minimum Gasteiger partial charge on any atom is -0.481 e. The SMILES string of the molecule is CN1C(=O)C[C@@H](C(=O)O)C12CCN(Cc1cn3ccccc3n1)CC2. The average Bonchev–Trinajstić information content (AvgIpc) is 3.11. The number of hydrogen-bond acceptors (Lipinski definition) is 4. The van der Waals surface area contributed by atoms with Crippen molar-refractivity contribution in [3.63, 3.8) is 0 Å². The molecule has 0 aliphatic carbocycles. The largest absolute Gasteiger partial charge is 0.481 e. The molecule has 2 aliphatic rings. The first-order chi connectivity index (χ1) is 12.0. The van der Waals surface area contributed by atoms with Gasteiger partial charge in [-0.15, -0.1) is 0 Å². The Bertz CT molecular complexity index is 790. The third-order valence-electron chi connectivity index (χ3n) is 5.89. The summed E-state index contributed by atoms with van der Waals surface area (Å²) in [4.78, 5) is 32.3. The molecule has 1 amide bonds. The van der Waals surface area contributed by atoms with Crippen LogP contribution in [0.3, 0.4) is 0 Å². The van der Waals surface area contributed by atoms with Crippen LogP contribution < -0.4 is 0 Å². The first-order valence-electron chi connectivity index (χ1n) is 8.64. The number of imidazole rings is 1. The molecule has 0 saturated carbocycles. The fourth-order valence-corrected chi connectivity index (χ4v) is 4.38. The number of fused-ring (bicyclic) bond motifs is 1. The van der Waals surface area contributed by atoms with Crippen molar-refractivity contribution in [1.29, 1.82) is 0 Å². The molecule has 1 spiro atoms. The molecule has 0 unspecified atom stereocenters. The van der Waals surface area contributed by atoms with Crippen LogP contribution in [0, 0.1) is 5.92 Å². The lowest BCUT2D eigenvalue weighted by Gasteiger charge is -2.45. The summed E-state index contributed by atoms with van der Waals surface area (Å²) >= 11 is 0. The third-order valence-corrected chi connectivity index (χ3v) is 5.89. The van der Waals surface area contributed by atoms with Crippen LogP contribution in [-0.2, 0) is 16.1 Å². The lowest BCUT2D eigenvalue weighted by atomic mass is 9.77. The number of carbonyl (C=O) groups is 2. The van der Waals surface area contributed by atoms with Crippen molar-refractivity contribution < 1.29 is 14.7 Å². The Hall–Kier alpha value is -2.41. The number of piperidine rings is 1. The van der Waals surface area contributed by atoms with Gasteiger partial charge < -0.3 is 14.4 Å². The van der Waals surface area contributed by atoms with Crippen LogP contribution in [0.1, 0.15) is 25.0 Å². The predicted molar refractivity (Wildman–Crippen MR) is 90.9 cm³/mol. The van der Waals surface area contributed by atoms with Gasteiger partial charge in [0.25, 0.3) is 0 Å². The van der Waals surface area contributed by atoms with Gasteiger partial charge in [0, 0.05) is 45.5 Å². The summed E-state index contributed by atoms with van der Waals surface area (Å²) in [6.45, 7) is 2.29. The maximum atomic E-state index is 12.1. The third kappa shape index (κ3) is 2.59. The molecule has 2 fully saturated rings. The van der Waals surface area contributed by atoms with Gasteiger partial charge in [-0.2, -0.15) is 0 Å². The van der Waals surface area contributed by atoms with Gasteiger partial charge in [-0.25, -0.2) is 4.98 Å². The molecule has 2 aliphatic heterocycles. The van der Waals surface area contributed by atoms with Crippen LogP contribution in [0.15, 0.2) is 30.6 Å². The van der Waals surface area contributed by atoms with Crippen LogP contribution in [0.5, 0.6) is 0 Å². The van der Waals surface area contributed by atoms with Gasteiger partial charge in [-0.3, -0.25) is 14.5 Å². The van der Waals surface area contributed by atoms with Crippen LogP contribution in [0.4, 0.5) is 0 Å². The fourth-order valence-electron chi connectivity index (χ4n) is 4.38. The summed E-state index contributed by atoms with van der Waals surface area (Å²) in [6, 6.07) is 5.92. The van der Waals surface area contributed by atoms with Crippen molar-refractivity contribution in [2.75, 3.05) is 20.1 Å². The smallest absolute Gasteiger partial charge is 0.309 e. The minimum atomic E-state index is -0.855. The summed E-state index contributed by atoms with van der Waals surface area (Å²) in [7, 11) is 1.75. The highest BCUT2D eigenvalue weighted by atomic mass is 16.4. The molecular weight excluding hydrogens is 320 g/mol. The number of rotatable bonds is 3. The van der Waals surface area contributed by atoms with Gasteiger partial charge in [0.2, 0.25) is 5.91 Å². The number of aromatic nitrogens is 2. The van der Waals surface area contributed by atoms with E-state index in [9.17, 15) is 14.7 Å². The average molecular weight is 342 g/mol. The van der Waals surface area contributed by atoms with Crippen molar-refractivity contribution in [3.05, 3.63) is 36.3 Å². The van der Waals surface area contributed by atoms with E-state index in [0.29, 0.717) is 12.8 Å². The summed E-state index contributed by atoms with van der Waals surface area (Å²) in [5, 5.41) is 9.54. The van der Waals surface area contributed by atoms with Crippen LogP contribution in [0.25, 0.3) is 5.65 Å². The highest BCUT2D eigenvalue weighted by molar-refractivity contribution is 5.88. The summed E-state index contributed by atoms with van der Waals surface area (Å²) in [5.41, 5.74) is 1.41. The zero-order valence-electron chi connectivity index (χ0n) is 14.3. The zero-order chi connectivity index (χ0) is 17.6. The maximum Gasteiger partial charge on any atom is 0.309 e. The zero-order valence-corrected chi connectivity index (χ0v) is 14.3. The number of likely N-dealkylation sites (tertiary alicyclic amines) is 2. The number of hydrogen-bond donors (Lipinski definition) is 1. The van der Waals surface area contributed by atoms with Crippen molar-refractivity contribution >= 4 is 17.5 Å². The Labute approximate surface area is 145 Å². The van der Waals surface area contributed by atoms with E-state index in [1.165, 1.54) is 0 Å². The van der Waals surface area contributed by atoms with Crippen molar-refractivity contribution in [2.45, 2.75) is 31.3 Å². The molecule has 7 heteroatoms. The number of aliphatic carboxylic acids is 1. The normalized spacial score (nSPS) is 23.6. The molecule has 2 saturated heterocycles. The molecule has 0 radical (unpaired) electrons. The van der Waals surface area contributed by atoms with Gasteiger partial charge in [0.15, 0.2) is 0 Å². The first kappa shape index (κ1) is 16.1. The second kappa shape index (κ2) is 5.84. The molecule has 0 aromatic carbocycles. The molecule has 4 heterocycles. The van der Waals surface area contributed by atoms with E-state index in [0.717, 1.165) is 31.0 Å². The summed E-state index contributed by atoms with van der Waals surface area (Å²) < 4.78 is 2.00. The number of pyridine rings is 1. The van der Waals surface area contributed by atoms with E-state index >= 15 is 0 Å². The van der Waals surface area contributed by atoms with Gasteiger partial charge in [0.05, 0.1) is 17.2 Å². The van der Waals surface area contributed by atoms with Crippen LogP contribution in [0.2, 0.25) is 0 Å². The van der Waals surface area contributed by atoms with Gasteiger partial charge in [-0.1, -0.05) is 6.07 Å². The standard InChI is InChI=1S/C18H22N4O3/c1-20-16(23)10-14(17(24)25)18(20)5-8-21(9-6-18)11-13-12-22-7-3-2-4-15(22)19-13/h2-4,7,12,14H,5-6,8-11H2,1H3,(H,24,25)/t14-/m0/s1. The van der Waals surface area contributed by atoms with E-state index < -0.39 is 17.4 Å². The molecule has 25 heavy (non-hydrogen) atoms. The molecule has 0 bridgehead atoms. The molecule has 7 nitrogen and oxygen atoms in total. The van der Waals surface area contributed by atoms with Crippen LogP contribution >= 0.6 is 0 Å². The Morgan fingerprint density at radius 3 is 2.80 bits per heavy atom. The second-order valence-corrected chi connectivity index (χ2v) is 7.13. The number of nitrogens with zero attached hydrogens (tertiary/aromatic N) is 4. The van der Waals surface area contributed by atoms with Gasteiger partial charge >= 0.3 is 5.97 Å². The summed E-state index contributed by atoms with van der Waals surface area (Å²) in [5.74, 6) is -1.50. The quantitative estimate of drug-likeness (QED) is 0.908. The highest BCUT2D eigenvalue weighted by Crippen LogP contribution is 2.42. The Balaban J connectivity index is 1.47. The Morgan fingerprint density at radius 2 is 2.12 bits per heavy atom. The fraction of sp³-hybridized carbons (Fsp3) is 0.500. The number of carboxylic acids is 1. The molecule has 4 rings (SSSR count). The monoisotopic (exact) mass is 342 g/mol. The Morgan fingerprint density at radius 1 is 1.36 bits per heavy atom. The molecule has 1 atom stereocenters. The molecule has 2 aromatic rings. The van der Waals surface area contributed by atoms with E-state index in [1.54, 1.807) is 11.9 Å². The molecule has 1 N–H and O–H groups in total. The van der Waals surface area contributed by atoms with Gasteiger partial charge in [-0.05, 0) is 25.0 Å². The van der Waals surface area contributed by atoms with E-state index in [-0.39, 0.29) is 12.3 Å². The second-order valence-electron chi connectivity index (χ2n) is 7.13. The highest BCUT2D eigenvalue weighted by Gasteiger charge is 2.55. The number of amides is 1. The lowest BCUT2D eigenvalue weighted by Crippen LogP contribution is -2.55. The van der Waals surface area contributed by atoms with Gasteiger partial charge in [0.1, 0.15) is 5.65 Å². The van der Waals surface area contributed by atoms with E-state index in [2.05, 4.69) is 9.88 Å². The van der Waals surface area contributed by atoms with E-state index in [1.807, 2.05) is 35.0 Å². The van der Waals surface area contributed by atoms with Crippen molar-refractivity contribution in [2.24, 2.45) is 5.92 Å². The lowest BCUT2D eigenvalue weighted by molar-refractivity contribution is -0.146. The van der Waals surface area contributed by atoms with E-state index in [4.69, 9.17) is 0 Å². The number of carbonyl (C=O) groups excluding carboxylic acids is 1. The van der Waals surface area contributed by atoms with Crippen molar-refractivity contribution in [1.82, 2.24) is 19.2 Å². The Kier molecular flexibility index (Phi) is 3.76. The summed E-state index contributed by atoms with van der Waals surface area (Å²) in [6.07, 6.45) is 5.52. The first-order valence-corrected chi connectivity index (χ1v) is 8.64. The number of carboxylic acid groups (broad SMARTS) is 1. The molecular formula is C18H22N4O3. The minimum absolute atomic E-state index is 0.0544. The van der Waals surface area contributed by atoms with Crippen molar-refractivity contribution in [3.8, 4) is 0 Å². The van der Waals surface area contributed by atoms with Crippen LogP contribution in [-0.4, -0.2) is 61.8 Å². The topological polar surface area (TPSA) is 78.2 Å².